The Balaban J connectivity index is 1.17. The van der Waals surface area contributed by atoms with E-state index in [0.29, 0.717) is 17.0 Å². The molecular weight excluding hydrogens is 526 g/mol. The van der Waals surface area contributed by atoms with Crippen molar-refractivity contribution in [2.75, 3.05) is 65.8 Å². The lowest BCUT2D eigenvalue weighted by molar-refractivity contribution is 0.435. The summed E-state index contributed by atoms with van der Waals surface area (Å²) in [7, 11) is 0. The van der Waals surface area contributed by atoms with Gasteiger partial charge in [-0.1, -0.05) is 68.3 Å². The fourth-order valence-corrected chi connectivity index (χ4v) is 7.00. The van der Waals surface area contributed by atoms with Gasteiger partial charge in [0.15, 0.2) is 5.11 Å². The Kier molecular flexibility index (Phi) is 8.56. The Bertz CT molecular complexity index is 1290. The van der Waals surface area contributed by atoms with Crippen LogP contribution in [0.5, 0.6) is 0 Å². The molecule has 7 nitrogen and oxygen atoms in total. The van der Waals surface area contributed by atoms with E-state index in [0.717, 1.165) is 57.4 Å². The molecule has 3 aromatic rings. The number of hydrogen-bond donors (Lipinski definition) is 2. The molecule has 0 radical (unpaired) electrons. The van der Waals surface area contributed by atoms with Crippen LogP contribution in [0.25, 0.3) is 0 Å². The molecule has 0 spiro atoms. The van der Waals surface area contributed by atoms with E-state index in [1.165, 1.54) is 49.8 Å². The summed E-state index contributed by atoms with van der Waals surface area (Å²) in [5.74, 6) is 3.21. The Morgan fingerprint density at radius 1 is 0.829 bits per heavy atom. The highest BCUT2D eigenvalue weighted by atomic mass is 32.1. The van der Waals surface area contributed by atoms with E-state index in [1.807, 2.05) is 0 Å². The monoisotopic (exact) mass is 569 g/mol. The molecule has 6 rings (SSSR count). The molecule has 2 N–H and O–H groups in total. The summed E-state index contributed by atoms with van der Waals surface area (Å²) in [6.07, 6.45) is 7.36. The van der Waals surface area contributed by atoms with Crippen molar-refractivity contribution >= 4 is 40.6 Å². The van der Waals surface area contributed by atoms with Gasteiger partial charge in [-0.05, 0) is 61.5 Å². The summed E-state index contributed by atoms with van der Waals surface area (Å²) in [5, 5.41) is 7.52. The SMILES string of the molecule is C[C@H]1CCCN(c2cc(N3CCN(c4ccccc4)CC3)nc(NC(=S)NCC3(c4ccccc4)CCCC3)n2)C1. The molecule has 0 unspecified atom stereocenters. The molecule has 3 fully saturated rings. The second-order valence-corrected chi connectivity index (χ2v) is 12.5. The van der Waals surface area contributed by atoms with Crippen LogP contribution in [-0.4, -0.2) is 60.9 Å². The molecule has 41 heavy (non-hydrogen) atoms. The third-order valence-electron chi connectivity index (χ3n) is 9.16. The largest absolute Gasteiger partial charge is 0.368 e. The number of rotatable bonds is 7. The first-order valence-electron chi connectivity index (χ1n) is 15.4. The van der Waals surface area contributed by atoms with Gasteiger partial charge in [0.2, 0.25) is 5.95 Å². The normalized spacial score (nSPS) is 20.6. The second-order valence-electron chi connectivity index (χ2n) is 12.1. The molecule has 0 bridgehead atoms. The van der Waals surface area contributed by atoms with Gasteiger partial charge in [0, 0.05) is 63.0 Å². The predicted molar refractivity (Wildman–Crippen MR) is 174 cm³/mol. The van der Waals surface area contributed by atoms with Gasteiger partial charge in [-0.3, -0.25) is 0 Å². The molecule has 2 aliphatic heterocycles. The lowest BCUT2D eigenvalue weighted by atomic mass is 9.79. The number of thiocarbonyl (C=S) groups is 1. The van der Waals surface area contributed by atoms with Crippen LogP contribution in [-0.2, 0) is 5.41 Å². The summed E-state index contributed by atoms with van der Waals surface area (Å²) in [6, 6.07) is 23.8. The molecule has 3 heterocycles. The van der Waals surface area contributed by atoms with Crippen LogP contribution in [0, 0.1) is 5.92 Å². The zero-order chi connectivity index (χ0) is 28.1. The van der Waals surface area contributed by atoms with Crippen LogP contribution in [0.1, 0.15) is 51.0 Å². The van der Waals surface area contributed by atoms with Gasteiger partial charge in [-0.15, -0.1) is 0 Å². The molecule has 1 aliphatic carbocycles. The summed E-state index contributed by atoms with van der Waals surface area (Å²) in [5.41, 5.74) is 2.82. The lowest BCUT2D eigenvalue weighted by Gasteiger charge is -2.37. The number of hydrogen-bond acceptors (Lipinski definition) is 6. The molecule has 1 saturated carbocycles. The van der Waals surface area contributed by atoms with Gasteiger partial charge in [0.25, 0.3) is 0 Å². The summed E-state index contributed by atoms with van der Waals surface area (Å²) >= 11 is 5.82. The van der Waals surface area contributed by atoms with Crippen molar-refractivity contribution in [2.24, 2.45) is 5.92 Å². The lowest BCUT2D eigenvalue weighted by Crippen LogP contribution is -2.47. The Morgan fingerprint density at radius 3 is 2.15 bits per heavy atom. The van der Waals surface area contributed by atoms with Crippen molar-refractivity contribution in [3.63, 3.8) is 0 Å². The highest BCUT2D eigenvalue weighted by Crippen LogP contribution is 2.40. The van der Waals surface area contributed by atoms with Crippen molar-refractivity contribution in [2.45, 2.75) is 50.9 Å². The number of piperazine rings is 1. The second kappa shape index (κ2) is 12.6. The topological polar surface area (TPSA) is 59.6 Å². The highest BCUT2D eigenvalue weighted by molar-refractivity contribution is 7.80. The minimum absolute atomic E-state index is 0.128. The molecule has 1 aromatic heterocycles. The number of anilines is 4. The zero-order valence-electron chi connectivity index (χ0n) is 24.3. The quantitative estimate of drug-likeness (QED) is 0.345. The van der Waals surface area contributed by atoms with Crippen molar-refractivity contribution in [1.29, 1.82) is 0 Å². The fourth-order valence-electron chi connectivity index (χ4n) is 6.84. The number of nitrogens with zero attached hydrogens (tertiary/aromatic N) is 5. The van der Waals surface area contributed by atoms with Crippen LogP contribution in [0.3, 0.4) is 0 Å². The van der Waals surface area contributed by atoms with Crippen LogP contribution in [0.15, 0.2) is 66.7 Å². The fraction of sp³-hybridized carbons (Fsp3) is 0.485. The van der Waals surface area contributed by atoms with Gasteiger partial charge in [0.1, 0.15) is 11.6 Å². The van der Waals surface area contributed by atoms with E-state index >= 15 is 0 Å². The van der Waals surface area contributed by atoms with Crippen LogP contribution in [0.4, 0.5) is 23.3 Å². The first-order chi connectivity index (χ1) is 20.1. The van der Waals surface area contributed by atoms with Gasteiger partial charge in [-0.25, -0.2) is 0 Å². The van der Waals surface area contributed by atoms with E-state index < -0.39 is 0 Å². The minimum atomic E-state index is 0.128. The van der Waals surface area contributed by atoms with Crippen LogP contribution >= 0.6 is 12.2 Å². The standard InChI is InChI=1S/C33H43N7S/c1-26-11-10-18-40(24-26)30-23-29(39-21-19-38(20-22-39)28-14-6-3-7-15-28)35-31(36-30)37-32(41)34-25-33(16-8-9-17-33)27-12-4-2-5-13-27/h2-7,12-15,23,26H,8-11,16-22,24-25H2,1H3,(H2,34,35,36,37,41)/t26-/m0/s1. The van der Waals surface area contributed by atoms with Crippen molar-refractivity contribution in [1.82, 2.24) is 15.3 Å². The maximum atomic E-state index is 5.82. The van der Waals surface area contributed by atoms with E-state index in [-0.39, 0.29) is 5.41 Å². The Labute approximate surface area is 250 Å². The molecule has 216 valence electrons. The molecule has 1 atom stereocenters. The van der Waals surface area contributed by atoms with E-state index in [9.17, 15) is 0 Å². The average Bonchev–Trinajstić information content (AvgIpc) is 3.51. The Morgan fingerprint density at radius 2 is 1.46 bits per heavy atom. The van der Waals surface area contributed by atoms with E-state index in [4.69, 9.17) is 22.2 Å². The van der Waals surface area contributed by atoms with Gasteiger partial charge >= 0.3 is 0 Å². The number of benzene rings is 2. The molecule has 2 aromatic carbocycles. The molecule has 8 heteroatoms. The average molecular weight is 570 g/mol. The summed E-state index contributed by atoms with van der Waals surface area (Å²) in [4.78, 5) is 17.2. The van der Waals surface area contributed by atoms with Gasteiger partial charge in [-0.2, -0.15) is 9.97 Å². The first-order valence-corrected chi connectivity index (χ1v) is 15.8. The van der Waals surface area contributed by atoms with Crippen molar-refractivity contribution in [3.8, 4) is 0 Å². The Hall–Kier alpha value is -3.39. The predicted octanol–water partition coefficient (Wildman–Crippen LogP) is 5.84. The summed E-state index contributed by atoms with van der Waals surface area (Å²) < 4.78 is 0. The van der Waals surface area contributed by atoms with Crippen molar-refractivity contribution in [3.05, 3.63) is 72.3 Å². The maximum absolute atomic E-state index is 5.82. The molecule has 0 amide bonds. The van der Waals surface area contributed by atoms with Gasteiger partial charge in [0.05, 0.1) is 0 Å². The molecular formula is C33H43N7S. The van der Waals surface area contributed by atoms with E-state index in [2.05, 4.69) is 99.0 Å². The van der Waals surface area contributed by atoms with Crippen molar-refractivity contribution < 1.29 is 0 Å². The van der Waals surface area contributed by atoms with Crippen LogP contribution in [0.2, 0.25) is 0 Å². The number of aromatic nitrogens is 2. The number of nitrogens with one attached hydrogen (secondary N) is 2. The highest BCUT2D eigenvalue weighted by Gasteiger charge is 2.35. The maximum Gasteiger partial charge on any atom is 0.232 e. The van der Waals surface area contributed by atoms with Gasteiger partial charge < -0.3 is 25.3 Å². The first kappa shape index (κ1) is 27.8. The van der Waals surface area contributed by atoms with Crippen LogP contribution < -0.4 is 25.3 Å². The molecule has 2 saturated heterocycles. The minimum Gasteiger partial charge on any atom is -0.368 e. The number of para-hydroxylation sites is 1. The third kappa shape index (κ3) is 6.58. The summed E-state index contributed by atoms with van der Waals surface area (Å²) in [6.45, 7) is 8.99. The van der Waals surface area contributed by atoms with E-state index in [1.54, 1.807) is 0 Å². The molecule has 3 aliphatic rings. The smallest absolute Gasteiger partial charge is 0.232 e. The third-order valence-corrected chi connectivity index (χ3v) is 9.41. The number of piperidine rings is 1. The zero-order valence-corrected chi connectivity index (χ0v) is 25.1.